The molecule has 1 unspecified atom stereocenters. The van der Waals surface area contributed by atoms with Crippen LogP contribution >= 0.6 is 0 Å². The molecule has 3 heteroatoms. The minimum Gasteiger partial charge on any atom is -0.493 e. The third-order valence-corrected chi connectivity index (χ3v) is 2.31. The van der Waals surface area contributed by atoms with Gasteiger partial charge in [0, 0.05) is 12.0 Å². The van der Waals surface area contributed by atoms with Gasteiger partial charge in [0.15, 0.2) is 0 Å². The van der Waals surface area contributed by atoms with E-state index in [1.54, 1.807) is 6.92 Å². The molecular formula is C13H17NO2. The zero-order chi connectivity index (χ0) is 12.0. The lowest BCUT2D eigenvalue weighted by Crippen LogP contribution is -2.02. The standard InChI is InChI=1S/C13H17NO2/c1-10-5-6-13(12(9-10)11(2)15)16-8-4-3-7-14/h5-6,9,11,15H,3-4,8H2,1-2H3. The van der Waals surface area contributed by atoms with Gasteiger partial charge in [-0.1, -0.05) is 11.6 Å². The molecule has 0 saturated carbocycles. The Morgan fingerprint density at radius 1 is 1.50 bits per heavy atom. The highest BCUT2D eigenvalue weighted by molar-refractivity contribution is 5.38. The molecule has 0 aromatic heterocycles. The molecule has 0 bridgehead atoms. The van der Waals surface area contributed by atoms with E-state index in [2.05, 4.69) is 6.07 Å². The fourth-order valence-corrected chi connectivity index (χ4v) is 1.46. The Balaban J connectivity index is 2.68. The van der Waals surface area contributed by atoms with Crippen LogP contribution in [-0.2, 0) is 0 Å². The van der Waals surface area contributed by atoms with Gasteiger partial charge in [0.05, 0.1) is 18.8 Å². The number of nitriles is 1. The van der Waals surface area contributed by atoms with Crippen molar-refractivity contribution in [2.24, 2.45) is 0 Å². The molecule has 0 fully saturated rings. The molecule has 0 spiro atoms. The van der Waals surface area contributed by atoms with E-state index in [0.29, 0.717) is 25.2 Å². The van der Waals surface area contributed by atoms with Crippen LogP contribution in [0.15, 0.2) is 18.2 Å². The molecule has 0 aliphatic heterocycles. The summed E-state index contributed by atoms with van der Waals surface area (Å²) in [6, 6.07) is 7.81. The van der Waals surface area contributed by atoms with E-state index >= 15 is 0 Å². The maximum Gasteiger partial charge on any atom is 0.125 e. The number of hydrogen-bond donors (Lipinski definition) is 1. The van der Waals surface area contributed by atoms with Crippen LogP contribution in [0, 0.1) is 18.3 Å². The van der Waals surface area contributed by atoms with Crippen molar-refractivity contribution in [3.63, 3.8) is 0 Å². The summed E-state index contributed by atoms with van der Waals surface area (Å²) in [5.74, 6) is 0.707. The summed E-state index contributed by atoms with van der Waals surface area (Å²) in [4.78, 5) is 0. The molecule has 1 atom stereocenters. The first-order chi connectivity index (χ1) is 7.65. The molecule has 86 valence electrons. The van der Waals surface area contributed by atoms with Crippen molar-refractivity contribution in [3.8, 4) is 11.8 Å². The summed E-state index contributed by atoms with van der Waals surface area (Å²) in [6.07, 6.45) is 0.672. The van der Waals surface area contributed by atoms with Crippen molar-refractivity contribution < 1.29 is 9.84 Å². The Hall–Kier alpha value is -1.53. The van der Waals surface area contributed by atoms with Crippen LogP contribution in [0.25, 0.3) is 0 Å². The molecule has 0 saturated heterocycles. The predicted molar refractivity (Wildman–Crippen MR) is 62.2 cm³/mol. The lowest BCUT2D eigenvalue weighted by atomic mass is 10.1. The van der Waals surface area contributed by atoms with E-state index in [0.717, 1.165) is 11.1 Å². The monoisotopic (exact) mass is 219 g/mol. The zero-order valence-corrected chi connectivity index (χ0v) is 9.73. The first-order valence-corrected chi connectivity index (χ1v) is 5.43. The van der Waals surface area contributed by atoms with Crippen LogP contribution in [0.2, 0.25) is 0 Å². The number of aliphatic hydroxyl groups excluding tert-OH is 1. The summed E-state index contributed by atoms with van der Waals surface area (Å²) in [7, 11) is 0. The molecule has 16 heavy (non-hydrogen) atoms. The average Bonchev–Trinajstić information content (AvgIpc) is 2.26. The predicted octanol–water partition coefficient (Wildman–Crippen LogP) is 2.73. The largest absolute Gasteiger partial charge is 0.493 e. The van der Waals surface area contributed by atoms with Gasteiger partial charge in [-0.2, -0.15) is 5.26 Å². The van der Waals surface area contributed by atoms with Gasteiger partial charge in [-0.15, -0.1) is 0 Å². The van der Waals surface area contributed by atoms with Gasteiger partial charge in [0.1, 0.15) is 5.75 Å². The highest BCUT2D eigenvalue weighted by Crippen LogP contribution is 2.26. The van der Waals surface area contributed by atoms with Gasteiger partial charge in [-0.3, -0.25) is 0 Å². The van der Waals surface area contributed by atoms with E-state index in [1.807, 2.05) is 25.1 Å². The molecular weight excluding hydrogens is 202 g/mol. The van der Waals surface area contributed by atoms with Crippen molar-refractivity contribution in [3.05, 3.63) is 29.3 Å². The van der Waals surface area contributed by atoms with Crippen molar-refractivity contribution in [2.75, 3.05) is 6.61 Å². The fraction of sp³-hybridized carbons (Fsp3) is 0.462. The number of unbranched alkanes of at least 4 members (excludes halogenated alkanes) is 1. The van der Waals surface area contributed by atoms with Crippen LogP contribution in [0.1, 0.15) is 37.0 Å². The van der Waals surface area contributed by atoms with Crippen LogP contribution in [0.5, 0.6) is 5.75 Å². The quantitative estimate of drug-likeness (QED) is 0.775. The third-order valence-electron chi connectivity index (χ3n) is 2.31. The minimum absolute atomic E-state index is 0.496. The number of aliphatic hydroxyl groups is 1. The second kappa shape index (κ2) is 6.14. The maximum absolute atomic E-state index is 9.60. The fourth-order valence-electron chi connectivity index (χ4n) is 1.46. The summed E-state index contributed by atoms with van der Waals surface area (Å²) in [6.45, 7) is 4.21. The topological polar surface area (TPSA) is 53.2 Å². The van der Waals surface area contributed by atoms with Crippen LogP contribution < -0.4 is 4.74 Å². The van der Waals surface area contributed by atoms with Crippen molar-refractivity contribution in [2.45, 2.75) is 32.8 Å². The Labute approximate surface area is 96.3 Å². The van der Waals surface area contributed by atoms with Gasteiger partial charge < -0.3 is 9.84 Å². The number of benzene rings is 1. The smallest absolute Gasteiger partial charge is 0.125 e. The highest BCUT2D eigenvalue weighted by atomic mass is 16.5. The number of ether oxygens (including phenoxy) is 1. The molecule has 0 radical (unpaired) electrons. The molecule has 1 aromatic rings. The van der Waals surface area contributed by atoms with Gasteiger partial charge >= 0.3 is 0 Å². The van der Waals surface area contributed by atoms with E-state index < -0.39 is 6.10 Å². The lowest BCUT2D eigenvalue weighted by Gasteiger charge is -2.13. The SMILES string of the molecule is Cc1ccc(OCCCC#N)c(C(C)O)c1. The Kier molecular flexibility index (Phi) is 4.81. The molecule has 1 rings (SSSR count). The Bertz CT molecular complexity index is 380. The third kappa shape index (κ3) is 3.56. The van der Waals surface area contributed by atoms with Gasteiger partial charge in [-0.25, -0.2) is 0 Å². The second-order valence-electron chi connectivity index (χ2n) is 3.83. The summed E-state index contributed by atoms with van der Waals surface area (Å²) >= 11 is 0. The first kappa shape index (κ1) is 12.5. The molecule has 0 aliphatic carbocycles. The van der Waals surface area contributed by atoms with Gasteiger partial charge in [0.25, 0.3) is 0 Å². The minimum atomic E-state index is -0.536. The Morgan fingerprint density at radius 3 is 2.88 bits per heavy atom. The molecule has 0 aliphatic rings. The average molecular weight is 219 g/mol. The lowest BCUT2D eigenvalue weighted by molar-refractivity contribution is 0.191. The van der Waals surface area contributed by atoms with Gasteiger partial charge in [-0.05, 0) is 32.4 Å². The molecule has 1 aromatic carbocycles. The summed E-state index contributed by atoms with van der Waals surface area (Å²) in [5, 5.41) is 18.0. The van der Waals surface area contributed by atoms with Crippen molar-refractivity contribution in [1.82, 2.24) is 0 Å². The van der Waals surface area contributed by atoms with Crippen LogP contribution in [0.4, 0.5) is 0 Å². The molecule has 0 heterocycles. The number of aryl methyl sites for hydroxylation is 1. The van der Waals surface area contributed by atoms with Crippen molar-refractivity contribution >= 4 is 0 Å². The zero-order valence-electron chi connectivity index (χ0n) is 9.73. The van der Waals surface area contributed by atoms with E-state index in [4.69, 9.17) is 10.00 Å². The number of hydrogen-bond acceptors (Lipinski definition) is 3. The van der Waals surface area contributed by atoms with Crippen LogP contribution in [-0.4, -0.2) is 11.7 Å². The number of nitrogens with zero attached hydrogens (tertiary/aromatic N) is 1. The maximum atomic E-state index is 9.60. The molecule has 0 amide bonds. The van der Waals surface area contributed by atoms with E-state index in [9.17, 15) is 5.11 Å². The Morgan fingerprint density at radius 2 is 2.25 bits per heavy atom. The second-order valence-corrected chi connectivity index (χ2v) is 3.83. The normalized spacial score (nSPS) is 11.9. The summed E-state index contributed by atoms with van der Waals surface area (Å²) in [5.41, 5.74) is 1.90. The highest BCUT2D eigenvalue weighted by Gasteiger charge is 2.09. The van der Waals surface area contributed by atoms with Crippen molar-refractivity contribution in [1.29, 1.82) is 5.26 Å². The number of rotatable bonds is 5. The van der Waals surface area contributed by atoms with Gasteiger partial charge in [0.2, 0.25) is 0 Å². The van der Waals surface area contributed by atoms with E-state index in [-0.39, 0.29) is 0 Å². The first-order valence-electron chi connectivity index (χ1n) is 5.43. The van der Waals surface area contributed by atoms with Crippen LogP contribution in [0.3, 0.4) is 0 Å². The molecule has 3 nitrogen and oxygen atoms in total. The molecule has 1 N–H and O–H groups in total. The summed E-state index contributed by atoms with van der Waals surface area (Å²) < 4.78 is 5.54. The van der Waals surface area contributed by atoms with E-state index in [1.165, 1.54) is 0 Å².